The van der Waals surface area contributed by atoms with Crippen LogP contribution in [0.3, 0.4) is 0 Å². The summed E-state index contributed by atoms with van der Waals surface area (Å²) in [5.74, 6) is 0.0957. The lowest BCUT2D eigenvalue weighted by molar-refractivity contribution is 0.0523. The van der Waals surface area contributed by atoms with Gasteiger partial charge in [-0.25, -0.2) is 9.78 Å². The summed E-state index contributed by atoms with van der Waals surface area (Å²) >= 11 is 0. The van der Waals surface area contributed by atoms with E-state index in [1.807, 2.05) is 60.7 Å². The van der Waals surface area contributed by atoms with Crippen molar-refractivity contribution in [2.75, 3.05) is 6.61 Å². The van der Waals surface area contributed by atoms with E-state index >= 15 is 0 Å². The Balaban J connectivity index is 1.70. The molecule has 7 heteroatoms. The van der Waals surface area contributed by atoms with Gasteiger partial charge >= 0.3 is 5.97 Å². The number of carbonyl (C=O) groups is 1. The van der Waals surface area contributed by atoms with Gasteiger partial charge in [-0.2, -0.15) is 0 Å². The van der Waals surface area contributed by atoms with Gasteiger partial charge < -0.3 is 14.2 Å². The van der Waals surface area contributed by atoms with Crippen LogP contribution in [0.2, 0.25) is 0 Å². The Morgan fingerprint density at radius 2 is 1.50 bits per heavy atom. The molecule has 2 aromatic carbocycles. The highest BCUT2D eigenvalue weighted by Gasteiger charge is 2.17. The number of esters is 1. The number of hydrogen-bond acceptors (Lipinski definition) is 6. The lowest BCUT2D eigenvalue weighted by Crippen LogP contribution is -2.24. The largest absolute Gasteiger partial charge is 0.485 e. The monoisotopic (exact) mass is 430 g/mol. The Morgan fingerprint density at radius 3 is 2.09 bits per heavy atom. The van der Waals surface area contributed by atoms with Crippen LogP contribution < -0.4 is 15.0 Å². The van der Waals surface area contributed by atoms with Crippen molar-refractivity contribution in [1.82, 2.24) is 9.38 Å². The molecular formula is C25H22N2O5. The maximum absolute atomic E-state index is 12.9. The normalized spacial score (nSPS) is 10.7. The van der Waals surface area contributed by atoms with Crippen molar-refractivity contribution in [2.24, 2.45) is 0 Å². The Labute approximate surface area is 184 Å². The second kappa shape index (κ2) is 9.78. The SMILES string of the molecule is CCOC(=O)c1cnc2cc(OCc3ccccc3)c(OCc3ccccc3)cn2c1=O. The molecule has 0 saturated heterocycles. The van der Waals surface area contributed by atoms with E-state index < -0.39 is 11.5 Å². The minimum absolute atomic E-state index is 0.142. The van der Waals surface area contributed by atoms with E-state index in [1.165, 1.54) is 16.8 Å². The zero-order valence-corrected chi connectivity index (χ0v) is 17.6. The number of ether oxygens (including phenoxy) is 3. The third-order valence-electron chi connectivity index (χ3n) is 4.74. The van der Waals surface area contributed by atoms with Crippen LogP contribution in [-0.2, 0) is 18.0 Å². The van der Waals surface area contributed by atoms with Gasteiger partial charge in [-0.3, -0.25) is 9.20 Å². The summed E-state index contributed by atoms with van der Waals surface area (Å²) in [4.78, 5) is 29.2. The molecule has 2 aromatic heterocycles. The smallest absolute Gasteiger partial charge is 0.345 e. The van der Waals surface area contributed by atoms with E-state index in [9.17, 15) is 9.59 Å². The highest BCUT2D eigenvalue weighted by molar-refractivity contribution is 5.88. The molecule has 2 heterocycles. The number of carbonyl (C=O) groups excluding carboxylic acids is 1. The van der Waals surface area contributed by atoms with Crippen LogP contribution in [0.15, 0.2) is 83.9 Å². The van der Waals surface area contributed by atoms with Crippen molar-refractivity contribution >= 4 is 11.6 Å². The number of nitrogens with zero attached hydrogens (tertiary/aromatic N) is 2. The number of hydrogen-bond donors (Lipinski definition) is 0. The van der Waals surface area contributed by atoms with E-state index in [0.717, 1.165) is 11.1 Å². The molecule has 162 valence electrons. The van der Waals surface area contributed by atoms with E-state index in [-0.39, 0.29) is 18.8 Å². The predicted molar refractivity (Wildman–Crippen MR) is 119 cm³/mol. The molecule has 0 atom stereocenters. The fourth-order valence-electron chi connectivity index (χ4n) is 3.12. The first-order chi connectivity index (χ1) is 15.7. The van der Waals surface area contributed by atoms with Crippen molar-refractivity contribution in [3.8, 4) is 11.5 Å². The lowest BCUT2D eigenvalue weighted by Gasteiger charge is -2.15. The first-order valence-corrected chi connectivity index (χ1v) is 10.2. The van der Waals surface area contributed by atoms with Gasteiger partial charge in [0.15, 0.2) is 11.5 Å². The maximum atomic E-state index is 12.9. The Kier molecular flexibility index (Phi) is 6.46. The lowest BCUT2D eigenvalue weighted by atomic mass is 10.2. The second-order valence-corrected chi connectivity index (χ2v) is 6.98. The van der Waals surface area contributed by atoms with Gasteiger partial charge in [0, 0.05) is 12.3 Å². The Hall–Kier alpha value is -4.13. The van der Waals surface area contributed by atoms with Crippen molar-refractivity contribution in [2.45, 2.75) is 20.1 Å². The van der Waals surface area contributed by atoms with Crippen LogP contribution in [0, 0.1) is 0 Å². The highest BCUT2D eigenvalue weighted by Crippen LogP contribution is 2.29. The van der Waals surface area contributed by atoms with Gasteiger partial charge in [-0.05, 0) is 18.1 Å². The van der Waals surface area contributed by atoms with E-state index in [0.29, 0.717) is 23.8 Å². The maximum Gasteiger partial charge on any atom is 0.345 e. The molecule has 0 saturated carbocycles. The number of benzene rings is 2. The molecule has 0 aliphatic heterocycles. The first kappa shape index (κ1) is 21.1. The summed E-state index contributed by atoms with van der Waals surface area (Å²) in [6.45, 7) is 2.45. The average Bonchev–Trinajstić information content (AvgIpc) is 2.83. The Bertz CT molecular complexity index is 1270. The molecule has 0 amide bonds. The fourth-order valence-corrected chi connectivity index (χ4v) is 3.12. The summed E-state index contributed by atoms with van der Waals surface area (Å²) in [7, 11) is 0. The van der Waals surface area contributed by atoms with Crippen molar-refractivity contribution in [3.05, 3.63) is 106 Å². The average molecular weight is 430 g/mol. The fraction of sp³-hybridized carbons (Fsp3) is 0.160. The summed E-state index contributed by atoms with van der Waals surface area (Å²) in [6.07, 6.45) is 2.72. The van der Waals surface area contributed by atoms with Gasteiger partial charge in [-0.1, -0.05) is 60.7 Å². The van der Waals surface area contributed by atoms with E-state index in [4.69, 9.17) is 14.2 Å². The number of aromatic nitrogens is 2. The molecule has 0 aliphatic carbocycles. The van der Waals surface area contributed by atoms with Crippen LogP contribution in [0.1, 0.15) is 28.4 Å². The number of pyridine rings is 1. The zero-order chi connectivity index (χ0) is 22.3. The number of rotatable bonds is 8. The summed E-state index contributed by atoms with van der Waals surface area (Å²) < 4.78 is 18.2. The van der Waals surface area contributed by atoms with Crippen LogP contribution >= 0.6 is 0 Å². The van der Waals surface area contributed by atoms with Crippen molar-refractivity contribution < 1.29 is 19.0 Å². The summed E-state index contributed by atoms with van der Waals surface area (Å²) in [5.41, 5.74) is 1.61. The first-order valence-electron chi connectivity index (χ1n) is 10.2. The van der Waals surface area contributed by atoms with Gasteiger partial charge in [0.1, 0.15) is 24.4 Å². The minimum Gasteiger partial charge on any atom is -0.485 e. The molecule has 32 heavy (non-hydrogen) atoms. The molecule has 0 aliphatic rings. The van der Waals surface area contributed by atoms with Gasteiger partial charge in [0.2, 0.25) is 0 Å². The zero-order valence-electron chi connectivity index (χ0n) is 17.6. The van der Waals surface area contributed by atoms with Crippen LogP contribution in [0.5, 0.6) is 11.5 Å². The van der Waals surface area contributed by atoms with Gasteiger partial charge in [-0.15, -0.1) is 0 Å². The second-order valence-electron chi connectivity index (χ2n) is 6.98. The van der Waals surface area contributed by atoms with Crippen LogP contribution in [-0.4, -0.2) is 22.0 Å². The van der Waals surface area contributed by atoms with E-state index in [2.05, 4.69) is 4.98 Å². The predicted octanol–water partition coefficient (Wildman–Crippen LogP) is 4.03. The third kappa shape index (κ3) is 4.78. The molecule has 0 unspecified atom stereocenters. The molecule has 7 nitrogen and oxygen atoms in total. The molecule has 0 radical (unpaired) electrons. The minimum atomic E-state index is -0.712. The third-order valence-corrected chi connectivity index (χ3v) is 4.74. The van der Waals surface area contributed by atoms with Gasteiger partial charge in [0.05, 0.1) is 12.8 Å². The molecule has 0 spiro atoms. The summed E-state index contributed by atoms with van der Waals surface area (Å²) in [6, 6.07) is 21.0. The summed E-state index contributed by atoms with van der Waals surface area (Å²) in [5, 5.41) is 0. The molecule has 0 bridgehead atoms. The molecular weight excluding hydrogens is 408 g/mol. The highest BCUT2D eigenvalue weighted by atomic mass is 16.5. The van der Waals surface area contributed by atoms with Crippen molar-refractivity contribution in [1.29, 1.82) is 0 Å². The van der Waals surface area contributed by atoms with Gasteiger partial charge in [0.25, 0.3) is 5.56 Å². The quantitative estimate of drug-likeness (QED) is 0.393. The van der Waals surface area contributed by atoms with Crippen LogP contribution in [0.25, 0.3) is 5.65 Å². The molecule has 0 N–H and O–H groups in total. The molecule has 0 fully saturated rings. The van der Waals surface area contributed by atoms with Crippen molar-refractivity contribution in [3.63, 3.8) is 0 Å². The topological polar surface area (TPSA) is 79.1 Å². The number of fused-ring (bicyclic) bond motifs is 1. The standard InChI is InChI=1S/C25H22N2O5/c1-2-30-25(29)20-14-26-23-13-21(31-16-18-9-5-3-6-10-18)22(15-27(23)24(20)28)32-17-19-11-7-4-8-12-19/h3-15H,2,16-17H2,1H3. The molecule has 4 aromatic rings. The Morgan fingerprint density at radius 1 is 0.906 bits per heavy atom. The molecule has 4 rings (SSSR count). The van der Waals surface area contributed by atoms with E-state index in [1.54, 1.807) is 13.0 Å². The van der Waals surface area contributed by atoms with Crippen LogP contribution in [0.4, 0.5) is 0 Å².